The third-order valence-corrected chi connectivity index (χ3v) is 3.19. The number of hydrogen-bond acceptors (Lipinski definition) is 3. The van der Waals surface area contributed by atoms with Crippen molar-refractivity contribution in [3.63, 3.8) is 0 Å². The number of nitrogens with one attached hydrogen (secondary N) is 1. The molecule has 0 unspecified atom stereocenters. The van der Waals surface area contributed by atoms with Crippen LogP contribution in [0, 0.1) is 0 Å². The number of benzene rings is 2. The average Bonchev–Trinajstić information content (AvgIpc) is 2.71. The summed E-state index contributed by atoms with van der Waals surface area (Å²) in [6.45, 7) is 0. The molecule has 0 spiro atoms. The van der Waals surface area contributed by atoms with Gasteiger partial charge in [0, 0.05) is 4.47 Å². The van der Waals surface area contributed by atoms with Gasteiger partial charge in [0.05, 0.1) is 11.0 Å². The fourth-order valence-corrected chi connectivity index (χ4v) is 2.23. The third-order valence-electron chi connectivity index (χ3n) is 2.70. The van der Waals surface area contributed by atoms with E-state index < -0.39 is 0 Å². The van der Waals surface area contributed by atoms with E-state index in [2.05, 4.69) is 25.9 Å². The van der Waals surface area contributed by atoms with Crippen molar-refractivity contribution in [1.82, 2.24) is 9.97 Å². The van der Waals surface area contributed by atoms with Crippen molar-refractivity contribution in [2.45, 2.75) is 0 Å². The molecule has 1 heterocycles. The Morgan fingerprint density at radius 2 is 1.78 bits per heavy atom. The number of aromatic hydroxyl groups is 2. The van der Waals surface area contributed by atoms with E-state index >= 15 is 0 Å². The Hall–Kier alpha value is -2.01. The normalized spacial score (nSPS) is 10.9. The Balaban J connectivity index is 2.26. The quantitative estimate of drug-likeness (QED) is 0.645. The molecular weight excluding hydrogens is 296 g/mol. The molecule has 0 radical (unpaired) electrons. The second-order valence-electron chi connectivity index (χ2n) is 3.92. The molecule has 3 aromatic rings. The molecule has 0 atom stereocenters. The minimum atomic E-state index is -0.00637. The molecule has 0 aliphatic carbocycles. The second kappa shape index (κ2) is 4.03. The predicted molar refractivity (Wildman–Crippen MR) is 72.6 cm³/mol. The molecule has 0 aliphatic rings. The summed E-state index contributed by atoms with van der Waals surface area (Å²) in [6.07, 6.45) is 0. The van der Waals surface area contributed by atoms with Gasteiger partial charge in [-0.2, -0.15) is 0 Å². The molecule has 0 amide bonds. The van der Waals surface area contributed by atoms with Crippen molar-refractivity contribution >= 4 is 27.0 Å². The minimum Gasteiger partial charge on any atom is -0.507 e. The summed E-state index contributed by atoms with van der Waals surface area (Å²) in [7, 11) is 0. The van der Waals surface area contributed by atoms with E-state index in [4.69, 9.17) is 0 Å². The van der Waals surface area contributed by atoms with Crippen molar-refractivity contribution in [3.8, 4) is 22.9 Å². The van der Waals surface area contributed by atoms with Crippen LogP contribution in [0.3, 0.4) is 0 Å². The van der Waals surface area contributed by atoms with Crippen molar-refractivity contribution in [3.05, 3.63) is 40.9 Å². The summed E-state index contributed by atoms with van der Waals surface area (Å²) in [5.41, 5.74) is 1.92. The van der Waals surface area contributed by atoms with E-state index in [1.165, 1.54) is 12.1 Å². The predicted octanol–water partition coefficient (Wildman–Crippen LogP) is 3.40. The van der Waals surface area contributed by atoms with E-state index in [1.807, 2.05) is 18.2 Å². The van der Waals surface area contributed by atoms with Crippen molar-refractivity contribution in [1.29, 1.82) is 0 Å². The first-order chi connectivity index (χ1) is 8.65. The molecule has 18 heavy (non-hydrogen) atoms. The van der Waals surface area contributed by atoms with E-state index in [0.717, 1.165) is 15.5 Å². The summed E-state index contributed by atoms with van der Waals surface area (Å²) in [4.78, 5) is 7.42. The molecule has 1 aromatic heterocycles. The smallest absolute Gasteiger partial charge is 0.146 e. The lowest BCUT2D eigenvalue weighted by Crippen LogP contribution is -1.82. The molecule has 0 saturated carbocycles. The van der Waals surface area contributed by atoms with Gasteiger partial charge in [0.25, 0.3) is 0 Å². The molecular formula is C13H9BrN2O2. The number of phenols is 2. The Labute approximate surface area is 111 Å². The minimum absolute atomic E-state index is 0.00637. The third kappa shape index (κ3) is 1.73. The van der Waals surface area contributed by atoms with Crippen LogP contribution in [0.15, 0.2) is 40.9 Å². The number of H-pyrrole nitrogens is 1. The van der Waals surface area contributed by atoms with E-state index in [1.54, 1.807) is 6.07 Å². The number of hydrogen-bond donors (Lipinski definition) is 3. The maximum atomic E-state index is 9.80. The van der Waals surface area contributed by atoms with Crippen LogP contribution in [-0.4, -0.2) is 20.2 Å². The summed E-state index contributed by atoms with van der Waals surface area (Å²) in [5, 5.41) is 19.6. The lowest BCUT2D eigenvalue weighted by Gasteiger charge is -2.02. The zero-order valence-electron chi connectivity index (χ0n) is 9.18. The topological polar surface area (TPSA) is 69.1 Å². The van der Waals surface area contributed by atoms with Gasteiger partial charge < -0.3 is 15.2 Å². The molecule has 3 N–H and O–H groups in total. The number of aromatic amines is 1. The van der Waals surface area contributed by atoms with Crippen LogP contribution in [0.4, 0.5) is 0 Å². The van der Waals surface area contributed by atoms with Crippen LogP contribution in [0.1, 0.15) is 0 Å². The number of phenolic OH excluding ortho intramolecular Hbond substituents is 2. The van der Waals surface area contributed by atoms with Gasteiger partial charge in [-0.1, -0.05) is 22.0 Å². The Kier molecular flexibility index (Phi) is 2.48. The molecule has 0 aliphatic heterocycles. The van der Waals surface area contributed by atoms with Gasteiger partial charge in [-0.05, 0) is 30.3 Å². The fourth-order valence-electron chi connectivity index (χ4n) is 1.87. The first-order valence-corrected chi connectivity index (χ1v) is 6.11. The number of imidazole rings is 1. The molecule has 4 nitrogen and oxygen atoms in total. The van der Waals surface area contributed by atoms with Crippen LogP contribution in [-0.2, 0) is 0 Å². The molecule has 5 heteroatoms. The van der Waals surface area contributed by atoms with Crippen molar-refractivity contribution in [2.75, 3.05) is 0 Å². The lowest BCUT2D eigenvalue weighted by molar-refractivity contribution is 0.453. The Morgan fingerprint density at radius 1 is 1.06 bits per heavy atom. The Morgan fingerprint density at radius 3 is 2.50 bits per heavy atom. The van der Waals surface area contributed by atoms with Gasteiger partial charge in [-0.15, -0.1) is 0 Å². The number of aromatic nitrogens is 2. The van der Waals surface area contributed by atoms with Crippen LogP contribution in [0.2, 0.25) is 0 Å². The molecule has 90 valence electrons. The highest BCUT2D eigenvalue weighted by Crippen LogP contribution is 2.36. The van der Waals surface area contributed by atoms with Crippen LogP contribution < -0.4 is 0 Å². The fraction of sp³-hybridized carbons (Fsp3) is 0. The summed E-state index contributed by atoms with van der Waals surface area (Å²) < 4.78 is 0.937. The number of halogens is 1. The largest absolute Gasteiger partial charge is 0.507 e. The van der Waals surface area contributed by atoms with Gasteiger partial charge >= 0.3 is 0 Å². The van der Waals surface area contributed by atoms with Gasteiger partial charge in [0.15, 0.2) is 0 Å². The van der Waals surface area contributed by atoms with Gasteiger partial charge in [-0.25, -0.2) is 4.98 Å². The standard InChI is InChI=1S/C13H9BrN2O2/c14-7-4-5-8-9(6-7)16-13(15-8)12-10(17)2-1-3-11(12)18/h1-6,17-18H,(H,15,16). The SMILES string of the molecule is Oc1cccc(O)c1-c1nc2ccc(Br)cc2[nH]1. The average molecular weight is 305 g/mol. The number of rotatable bonds is 1. The number of fused-ring (bicyclic) bond motifs is 1. The zero-order valence-corrected chi connectivity index (χ0v) is 10.8. The maximum absolute atomic E-state index is 9.80. The van der Waals surface area contributed by atoms with Crippen LogP contribution in [0.5, 0.6) is 11.5 Å². The molecule has 2 aromatic carbocycles. The van der Waals surface area contributed by atoms with Crippen molar-refractivity contribution < 1.29 is 10.2 Å². The summed E-state index contributed by atoms with van der Waals surface area (Å²) >= 11 is 3.38. The van der Waals surface area contributed by atoms with E-state index in [-0.39, 0.29) is 11.5 Å². The van der Waals surface area contributed by atoms with Crippen LogP contribution >= 0.6 is 15.9 Å². The van der Waals surface area contributed by atoms with E-state index in [0.29, 0.717) is 11.4 Å². The molecule has 0 fully saturated rings. The second-order valence-corrected chi connectivity index (χ2v) is 4.83. The molecule has 0 bridgehead atoms. The highest BCUT2D eigenvalue weighted by atomic mass is 79.9. The highest BCUT2D eigenvalue weighted by Gasteiger charge is 2.13. The number of nitrogens with zero attached hydrogens (tertiary/aromatic N) is 1. The first kappa shape index (κ1) is 11.1. The van der Waals surface area contributed by atoms with E-state index in [9.17, 15) is 10.2 Å². The first-order valence-electron chi connectivity index (χ1n) is 5.32. The zero-order chi connectivity index (χ0) is 12.7. The molecule has 0 saturated heterocycles. The van der Waals surface area contributed by atoms with Crippen LogP contribution in [0.25, 0.3) is 22.4 Å². The van der Waals surface area contributed by atoms with Gasteiger partial charge in [0.1, 0.15) is 22.9 Å². The highest BCUT2D eigenvalue weighted by molar-refractivity contribution is 9.10. The summed E-state index contributed by atoms with van der Waals surface area (Å²) in [6, 6.07) is 10.2. The van der Waals surface area contributed by atoms with Gasteiger partial charge in [-0.3, -0.25) is 0 Å². The lowest BCUT2D eigenvalue weighted by atomic mass is 10.1. The Bertz CT molecular complexity index is 717. The monoisotopic (exact) mass is 304 g/mol. The van der Waals surface area contributed by atoms with Gasteiger partial charge in [0.2, 0.25) is 0 Å². The van der Waals surface area contributed by atoms with Crippen molar-refractivity contribution in [2.24, 2.45) is 0 Å². The molecule has 3 rings (SSSR count). The maximum Gasteiger partial charge on any atom is 0.146 e. The summed E-state index contributed by atoms with van der Waals surface area (Å²) in [5.74, 6) is 0.431.